The fourth-order valence-electron chi connectivity index (χ4n) is 3.71. The lowest BCUT2D eigenvalue weighted by Crippen LogP contribution is -2.41. The van der Waals surface area contributed by atoms with E-state index in [1.54, 1.807) is 12.1 Å². The molecule has 1 aliphatic carbocycles. The fraction of sp³-hybridized carbons (Fsp3) is 0.667. The Morgan fingerprint density at radius 2 is 2.00 bits per heavy atom. The van der Waals surface area contributed by atoms with Gasteiger partial charge in [-0.25, -0.2) is 4.39 Å². The Morgan fingerprint density at radius 3 is 2.60 bits per heavy atom. The molecule has 4 heteroatoms. The zero-order valence-corrected chi connectivity index (χ0v) is 15.7. The summed E-state index contributed by atoms with van der Waals surface area (Å²) in [4.78, 5) is 11.0. The van der Waals surface area contributed by atoms with Crippen molar-refractivity contribution in [1.29, 1.82) is 0 Å². The van der Waals surface area contributed by atoms with Crippen molar-refractivity contribution in [2.45, 2.75) is 70.8 Å². The van der Waals surface area contributed by atoms with E-state index in [4.69, 9.17) is 5.11 Å². The van der Waals surface area contributed by atoms with Crippen LogP contribution >= 0.6 is 0 Å². The van der Waals surface area contributed by atoms with E-state index in [9.17, 15) is 9.18 Å². The Bertz CT molecular complexity index is 565. The molecule has 140 valence electrons. The summed E-state index contributed by atoms with van der Waals surface area (Å²) >= 11 is 0. The lowest BCUT2D eigenvalue weighted by atomic mass is 9.78. The molecule has 25 heavy (non-hydrogen) atoms. The van der Waals surface area contributed by atoms with Crippen LogP contribution in [0.15, 0.2) is 24.3 Å². The van der Waals surface area contributed by atoms with Gasteiger partial charge in [0, 0.05) is 12.1 Å². The summed E-state index contributed by atoms with van der Waals surface area (Å²) < 4.78 is 13.3. The molecule has 3 nitrogen and oxygen atoms in total. The van der Waals surface area contributed by atoms with Gasteiger partial charge < -0.3 is 10.4 Å². The van der Waals surface area contributed by atoms with Crippen LogP contribution in [0.3, 0.4) is 0 Å². The number of benzene rings is 1. The van der Waals surface area contributed by atoms with Gasteiger partial charge in [0.25, 0.3) is 0 Å². The van der Waals surface area contributed by atoms with Gasteiger partial charge in [0.1, 0.15) is 5.82 Å². The predicted octanol–water partition coefficient (Wildman–Crippen LogP) is 4.97. The molecule has 0 aromatic heterocycles. The van der Waals surface area contributed by atoms with Crippen LogP contribution in [0.4, 0.5) is 4.39 Å². The van der Waals surface area contributed by atoms with Gasteiger partial charge in [0.15, 0.2) is 0 Å². The van der Waals surface area contributed by atoms with Crippen LogP contribution in [0.5, 0.6) is 0 Å². The zero-order valence-electron chi connectivity index (χ0n) is 15.7. The Kier molecular flexibility index (Phi) is 7.00. The second kappa shape index (κ2) is 8.79. The predicted molar refractivity (Wildman–Crippen MR) is 99.2 cm³/mol. The van der Waals surface area contributed by atoms with E-state index in [1.165, 1.54) is 6.07 Å². The molecule has 0 spiro atoms. The molecule has 2 rings (SSSR count). The van der Waals surface area contributed by atoms with E-state index in [-0.39, 0.29) is 23.2 Å². The third-order valence-corrected chi connectivity index (χ3v) is 5.68. The van der Waals surface area contributed by atoms with Gasteiger partial charge in [-0.3, -0.25) is 4.79 Å². The van der Waals surface area contributed by atoms with Gasteiger partial charge in [-0.2, -0.15) is 0 Å². The molecule has 0 bridgehead atoms. The van der Waals surface area contributed by atoms with E-state index < -0.39 is 5.97 Å². The van der Waals surface area contributed by atoms with Crippen molar-refractivity contribution < 1.29 is 14.3 Å². The molecule has 0 heterocycles. The van der Waals surface area contributed by atoms with Gasteiger partial charge in [-0.05, 0) is 81.9 Å². The molecule has 0 unspecified atom stereocenters. The molecular formula is C21H32FNO2. The second-order valence-corrected chi connectivity index (χ2v) is 8.32. The highest BCUT2D eigenvalue weighted by molar-refractivity contribution is 5.69. The molecule has 2 N–H and O–H groups in total. The van der Waals surface area contributed by atoms with Crippen LogP contribution in [-0.4, -0.2) is 23.2 Å². The van der Waals surface area contributed by atoms with E-state index in [0.717, 1.165) is 50.6 Å². The number of carbonyl (C=O) groups is 1. The van der Waals surface area contributed by atoms with Crippen LogP contribution in [0.2, 0.25) is 0 Å². The summed E-state index contributed by atoms with van der Waals surface area (Å²) in [5, 5.41) is 12.7. The Hall–Kier alpha value is -1.42. The highest BCUT2D eigenvalue weighted by Crippen LogP contribution is 2.33. The molecule has 0 aliphatic heterocycles. The lowest BCUT2D eigenvalue weighted by molar-refractivity contribution is -0.143. The highest BCUT2D eigenvalue weighted by Gasteiger charge is 2.27. The average Bonchev–Trinajstić information content (AvgIpc) is 2.58. The van der Waals surface area contributed by atoms with Crippen LogP contribution in [0, 0.1) is 17.7 Å². The normalized spacial score (nSPS) is 22.6. The number of aliphatic carboxylic acids is 1. The first-order valence-corrected chi connectivity index (χ1v) is 9.50. The number of carboxylic acid groups (broad SMARTS) is 1. The smallest absolute Gasteiger partial charge is 0.306 e. The van der Waals surface area contributed by atoms with Gasteiger partial charge in [-0.15, -0.1) is 0 Å². The number of nitrogens with one attached hydrogen (secondary N) is 1. The topological polar surface area (TPSA) is 49.3 Å². The molecule has 0 amide bonds. The second-order valence-electron chi connectivity index (χ2n) is 8.32. The monoisotopic (exact) mass is 349 g/mol. The minimum absolute atomic E-state index is 0.0330. The first-order valence-electron chi connectivity index (χ1n) is 9.50. The highest BCUT2D eigenvalue weighted by atomic mass is 19.1. The third kappa shape index (κ3) is 6.43. The number of halogens is 1. The summed E-state index contributed by atoms with van der Waals surface area (Å²) in [5.74, 6) is -0.0276. The third-order valence-electron chi connectivity index (χ3n) is 5.68. The first kappa shape index (κ1) is 19.9. The number of carboxylic acids is 1. The van der Waals surface area contributed by atoms with Gasteiger partial charge in [0.2, 0.25) is 0 Å². The van der Waals surface area contributed by atoms with E-state index in [0.29, 0.717) is 5.92 Å². The van der Waals surface area contributed by atoms with Crippen molar-refractivity contribution in [1.82, 2.24) is 5.32 Å². The summed E-state index contributed by atoms with van der Waals surface area (Å²) in [5.41, 5.74) is 1.06. The number of hydrogen-bond acceptors (Lipinski definition) is 2. The molecule has 1 atom stereocenters. The number of rotatable bonds is 8. The van der Waals surface area contributed by atoms with Crippen LogP contribution in [0.25, 0.3) is 0 Å². The summed E-state index contributed by atoms with van der Waals surface area (Å²) in [6.07, 6.45) is 5.93. The number of hydrogen-bond donors (Lipinski definition) is 2. The molecule has 1 fully saturated rings. The molecule has 1 aliphatic rings. The molecule has 1 aromatic rings. The summed E-state index contributed by atoms with van der Waals surface area (Å²) in [6, 6.07) is 6.83. The maximum Gasteiger partial charge on any atom is 0.306 e. The Balaban J connectivity index is 1.73. The van der Waals surface area contributed by atoms with Crippen LogP contribution < -0.4 is 5.32 Å². The minimum atomic E-state index is -0.633. The Morgan fingerprint density at radius 1 is 1.32 bits per heavy atom. The summed E-state index contributed by atoms with van der Waals surface area (Å²) in [6.45, 7) is 7.37. The standard InChI is InChI=1S/C21H32FNO2/c1-15(18-5-4-6-19(22)13-18)14-23-21(2,3)12-11-16-7-9-17(10-8-16)20(24)25/h4-6,13,15-17,23H,7-12,14H2,1-3H3,(H,24,25)/t15-,16?,17?/m0/s1. The van der Waals surface area contributed by atoms with Gasteiger partial charge in [-0.1, -0.05) is 19.1 Å². The molecule has 1 saturated carbocycles. The lowest BCUT2D eigenvalue weighted by Gasteiger charge is -2.32. The first-order chi connectivity index (χ1) is 11.8. The fourth-order valence-corrected chi connectivity index (χ4v) is 3.71. The minimum Gasteiger partial charge on any atom is -0.481 e. The van der Waals surface area contributed by atoms with Crippen molar-refractivity contribution in [2.75, 3.05) is 6.54 Å². The molecule has 1 aromatic carbocycles. The molecule has 0 radical (unpaired) electrons. The van der Waals surface area contributed by atoms with Crippen molar-refractivity contribution in [3.8, 4) is 0 Å². The van der Waals surface area contributed by atoms with Crippen LogP contribution in [0.1, 0.15) is 70.8 Å². The van der Waals surface area contributed by atoms with Crippen LogP contribution in [-0.2, 0) is 4.79 Å². The van der Waals surface area contributed by atoms with E-state index >= 15 is 0 Å². The van der Waals surface area contributed by atoms with E-state index in [2.05, 4.69) is 26.1 Å². The van der Waals surface area contributed by atoms with Crippen molar-refractivity contribution in [3.05, 3.63) is 35.6 Å². The molecular weight excluding hydrogens is 317 g/mol. The largest absolute Gasteiger partial charge is 0.481 e. The SMILES string of the molecule is C[C@@H](CNC(C)(C)CCC1CCC(C(=O)O)CC1)c1cccc(F)c1. The maximum atomic E-state index is 13.3. The Labute approximate surface area is 151 Å². The average molecular weight is 349 g/mol. The zero-order chi connectivity index (χ0) is 18.4. The van der Waals surface area contributed by atoms with Crippen molar-refractivity contribution in [2.24, 2.45) is 11.8 Å². The quantitative estimate of drug-likeness (QED) is 0.697. The molecule has 0 saturated heterocycles. The van der Waals surface area contributed by atoms with Crippen molar-refractivity contribution >= 4 is 5.97 Å². The van der Waals surface area contributed by atoms with Crippen molar-refractivity contribution in [3.63, 3.8) is 0 Å². The van der Waals surface area contributed by atoms with Gasteiger partial charge in [0.05, 0.1) is 5.92 Å². The maximum absolute atomic E-state index is 13.3. The summed E-state index contributed by atoms with van der Waals surface area (Å²) in [7, 11) is 0. The van der Waals surface area contributed by atoms with Gasteiger partial charge >= 0.3 is 5.97 Å². The van der Waals surface area contributed by atoms with E-state index in [1.807, 2.05) is 6.07 Å².